The van der Waals surface area contributed by atoms with Gasteiger partial charge in [-0.05, 0) is 43.4 Å². The maximum atomic E-state index is 12.6. The zero-order valence-corrected chi connectivity index (χ0v) is 12.8. The van der Waals surface area contributed by atoms with Crippen molar-refractivity contribution in [3.63, 3.8) is 0 Å². The fourth-order valence-corrected chi connectivity index (χ4v) is 3.13. The summed E-state index contributed by atoms with van der Waals surface area (Å²) in [5.74, 6) is 1.37. The maximum absolute atomic E-state index is 12.6. The molecule has 0 radical (unpaired) electrons. The Bertz CT molecular complexity index is 657. The molecule has 1 aliphatic rings. The summed E-state index contributed by atoms with van der Waals surface area (Å²) in [5, 5.41) is 10.0. The Morgan fingerprint density at radius 1 is 1.36 bits per heavy atom. The van der Waals surface area contributed by atoms with Crippen LogP contribution in [0.3, 0.4) is 0 Å². The lowest BCUT2D eigenvalue weighted by Crippen LogP contribution is -2.38. The highest BCUT2D eigenvalue weighted by Gasteiger charge is 2.24. The molecule has 3 rings (SSSR count). The SMILES string of the molecule is COc1ccc2cc(C(=O)N3CCC(CCO)CC3)[nH]c2c1. The van der Waals surface area contributed by atoms with Gasteiger partial charge >= 0.3 is 0 Å². The number of fused-ring (bicyclic) bond motifs is 1. The van der Waals surface area contributed by atoms with Gasteiger partial charge in [-0.2, -0.15) is 0 Å². The zero-order valence-electron chi connectivity index (χ0n) is 12.8. The molecule has 0 bridgehead atoms. The predicted molar refractivity (Wildman–Crippen MR) is 85.2 cm³/mol. The third kappa shape index (κ3) is 2.95. The number of aromatic amines is 1. The fourth-order valence-electron chi connectivity index (χ4n) is 3.13. The molecule has 1 saturated heterocycles. The fraction of sp³-hybridized carbons (Fsp3) is 0.471. The van der Waals surface area contributed by atoms with E-state index in [0.717, 1.165) is 49.0 Å². The number of H-pyrrole nitrogens is 1. The van der Waals surface area contributed by atoms with E-state index >= 15 is 0 Å². The van der Waals surface area contributed by atoms with Crippen LogP contribution in [0.25, 0.3) is 10.9 Å². The van der Waals surface area contributed by atoms with Crippen molar-refractivity contribution in [2.24, 2.45) is 5.92 Å². The zero-order chi connectivity index (χ0) is 15.5. The minimum atomic E-state index is 0.0533. The molecular weight excluding hydrogens is 280 g/mol. The van der Waals surface area contributed by atoms with Crippen LogP contribution in [-0.4, -0.2) is 47.7 Å². The highest BCUT2D eigenvalue weighted by molar-refractivity contribution is 5.98. The van der Waals surface area contributed by atoms with Gasteiger partial charge in [0.25, 0.3) is 5.91 Å². The smallest absolute Gasteiger partial charge is 0.270 e. The van der Waals surface area contributed by atoms with Gasteiger partial charge in [-0.25, -0.2) is 0 Å². The van der Waals surface area contributed by atoms with Gasteiger partial charge in [-0.3, -0.25) is 4.79 Å². The lowest BCUT2D eigenvalue weighted by Gasteiger charge is -2.31. The molecule has 0 aliphatic carbocycles. The van der Waals surface area contributed by atoms with Gasteiger partial charge in [-0.1, -0.05) is 0 Å². The number of nitrogens with zero attached hydrogens (tertiary/aromatic N) is 1. The highest BCUT2D eigenvalue weighted by atomic mass is 16.5. The van der Waals surface area contributed by atoms with Crippen LogP contribution in [0.5, 0.6) is 5.75 Å². The first-order valence-corrected chi connectivity index (χ1v) is 7.78. The number of aliphatic hydroxyl groups is 1. The summed E-state index contributed by atoms with van der Waals surface area (Å²) in [5.41, 5.74) is 1.54. The Hall–Kier alpha value is -2.01. The van der Waals surface area contributed by atoms with E-state index in [4.69, 9.17) is 9.84 Å². The first-order chi connectivity index (χ1) is 10.7. The Morgan fingerprint density at radius 3 is 2.82 bits per heavy atom. The first-order valence-electron chi connectivity index (χ1n) is 7.78. The number of amides is 1. The van der Waals surface area contributed by atoms with E-state index < -0.39 is 0 Å². The molecule has 0 saturated carbocycles. The van der Waals surface area contributed by atoms with Crippen LogP contribution in [-0.2, 0) is 0 Å². The molecule has 2 N–H and O–H groups in total. The third-order valence-corrected chi connectivity index (χ3v) is 4.50. The predicted octanol–water partition coefficient (Wildman–Crippen LogP) is 2.41. The molecule has 1 aliphatic heterocycles. The van der Waals surface area contributed by atoms with Gasteiger partial charge in [0.2, 0.25) is 0 Å². The minimum absolute atomic E-state index is 0.0533. The molecule has 22 heavy (non-hydrogen) atoms. The number of rotatable bonds is 4. The van der Waals surface area contributed by atoms with Crippen LogP contribution in [0.15, 0.2) is 24.3 Å². The number of ether oxygens (including phenoxy) is 1. The molecule has 5 nitrogen and oxygen atoms in total. The van der Waals surface area contributed by atoms with Crippen molar-refractivity contribution >= 4 is 16.8 Å². The first kappa shape index (κ1) is 14.9. The van der Waals surface area contributed by atoms with E-state index in [1.165, 1.54) is 0 Å². The van der Waals surface area contributed by atoms with Crippen LogP contribution in [0.1, 0.15) is 29.8 Å². The molecule has 0 spiro atoms. The number of hydrogen-bond acceptors (Lipinski definition) is 3. The number of carbonyl (C=O) groups excluding carboxylic acids is 1. The van der Waals surface area contributed by atoms with Crippen LogP contribution in [0.2, 0.25) is 0 Å². The Kier molecular flexibility index (Phi) is 4.34. The molecule has 118 valence electrons. The number of nitrogens with one attached hydrogen (secondary N) is 1. The molecule has 1 fully saturated rings. The number of hydrogen-bond donors (Lipinski definition) is 2. The van der Waals surface area contributed by atoms with Crippen molar-refractivity contribution in [2.45, 2.75) is 19.3 Å². The Labute approximate surface area is 129 Å². The molecule has 1 aromatic carbocycles. The normalized spacial score (nSPS) is 16.2. The van der Waals surface area contributed by atoms with Crippen LogP contribution in [0, 0.1) is 5.92 Å². The third-order valence-electron chi connectivity index (χ3n) is 4.50. The van der Waals surface area contributed by atoms with Gasteiger partial charge in [-0.15, -0.1) is 0 Å². The summed E-state index contributed by atoms with van der Waals surface area (Å²) in [7, 11) is 1.63. The van der Waals surface area contributed by atoms with Gasteiger partial charge in [0.15, 0.2) is 0 Å². The van der Waals surface area contributed by atoms with Crippen LogP contribution < -0.4 is 4.74 Å². The second-order valence-electron chi connectivity index (χ2n) is 5.88. The highest BCUT2D eigenvalue weighted by Crippen LogP contribution is 2.24. The second-order valence-corrected chi connectivity index (χ2v) is 5.88. The average Bonchev–Trinajstić information content (AvgIpc) is 2.98. The van der Waals surface area contributed by atoms with Crippen molar-refractivity contribution in [1.29, 1.82) is 0 Å². The molecular formula is C17H22N2O3. The van der Waals surface area contributed by atoms with Crippen LogP contribution in [0.4, 0.5) is 0 Å². The Morgan fingerprint density at radius 2 is 2.14 bits per heavy atom. The average molecular weight is 302 g/mol. The molecule has 2 heterocycles. The summed E-state index contributed by atoms with van der Waals surface area (Å²) in [6.07, 6.45) is 2.79. The molecule has 1 amide bonds. The summed E-state index contributed by atoms with van der Waals surface area (Å²) in [6, 6.07) is 7.65. The summed E-state index contributed by atoms with van der Waals surface area (Å²) in [4.78, 5) is 17.7. The topological polar surface area (TPSA) is 65.6 Å². The number of aliphatic hydroxyl groups excluding tert-OH is 1. The number of piperidine rings is 1. The summed E-state index contributed by atoms with van der Waals surface area (Å²) >= 11 is 0. The number of benzene rings is 1. The standard InChI is InChI=1S/C17H22N2O3/c1-22-14-3-2-13-10-16(18-15(13)11-14)17(21)19-7-4-12(5-8-19)6-9-20/h2-3,10-12,18,20H,4-9H2,1H3. The number of methoxy groups -OCH3 is 1. The van der Waals surface area contributed by atoms with Crippen molar-refractivity contribution < 1.29 is 14.6 Å². The van der Waals surface area contributed by atoms with E-state index in [-0.39, 0.29) is 12.5 Å². The van der Waals surface area contributed by atoms with E-state index in [9.17, 15) is 4.79 Å². The molecule has 0 unspecified atom stereocenters. The van der Waals surface area contributed by atoms with Gasteiger partial charge in [0.1, 0.15) is 11.4 Å². The van der Waals surface area contributed by atoms with E-state index in [2.05, 4.69) is 4.98 Å². The molecule has 1 aromatic heterocycles. The largest absolute Gasteiger partial charge is 0.497 e. The van der Waals surface area contributed by atoms with Gasteiger partial charge in [0.05, 0.1) is 7.11 Å². The van der Waals surface area contributed by atoms with Crippen molar-refractivity contribution in [3.05, 3.63) is 30.0 Å². The summed E-state index contributed by atoms with van der Waals surface area (Å²) in [6.45, 7) is 1.77. The molecule has 2 aromatic rings. The van der Waals surface area contributed by atoms with Gasteiger partial charge in [0, 0.05) is 36.7 Å². The van der Waals surface area contributed by atoms with Crippen molar-refractivity contribution in [3.8, 4) is 5.75 Å². The quantitative estimate of drug-likeness (QED) is 0.911. The van der Waals surface area contributed by atoms with Crippen molar-refractivity contribution in [1.82, 2.24) is 9.88 Å². The van der Waals surface area contributed by atoms with Gasteiger partial charge < -0.3 is 19.7 Å². The second kappa shape index (κ2) is 6.40. The Balaban J connectivity index is 1.72. The summed E-state index contributed by atoms with van der Waals surface area (Å²) < 4.78 is 5.21. The molecule has 0 atom stereocenters. The number of likely N-dealkylation sites (tertiary alicyclic amines) is 1. The maximum Gasteiger partial charge on any atom is 0.270 e. The number of aromatic nitrogens is 1. The van der Waals surface area contributed by atoms with E-state index in [1.54, 1.807) is 7.11 Å². The van der Waals surface area contributed by atoms with Crippen LogP contribution >= 0.6 is 0 Å². The molecule has 5 heteroatoms. The lowest BCUT2D eigenvalue weighted by molar-refractivity contribution is 0.0673. The van der Waals surface area contributed by atoms with Crippen molar-refractivity contribution in [2.75, 3.05) is 26.8 Å². The van der Waals surface area contributed by atoms with E-state index in [0.29, 0.717) is 11.6 Å². The monoisotopic (exact) mass is 302 g/mol. The number of carbonyl (C=O) groups is 1. The van der Waals surface area contributed by atoms with E-state index in [1.807, 2.05) is 29.2 Å². The lowest BCUT2D eigenvalue weighted by atomic mass is 9.94. The minimum Gasteiger partial charge on any atom is -0.497 e.